The zero-order chi connectivity index (χ0) is 17.9. The molecule has 130 valence electrons. The largest absolute Gasteiger partial charge is 0.423 e. The van der Waals surface area contributed by atoms with Crippen molar-refractivity contribution in [1.82, 2.24) is 10.3 Å². The van der Waals surface area contributed by atoms with Gasteiger partial charge in [0.15, 0.2) is 5.58 Å². The van der Waals surface area contributed by atoms with Crippen LogP contribution < -0.4 is 21.3 Å². The summed E-state index contributed by atoms with van der Waals surface area (Å²) in [5.41, 5.74) is 7.57. The number of oxazole rings is 1. The van der Waals surface area contributed by atoms with Crippen molar-refractivity contribution in [2.75, 3.05) is 30.9 Å². The Hall–Kier alpha value is -2.61. The van der Waals surface area contributed by atoms with Gasteiger partial charge in [-0.25, -0.2) is 0 Å². The quantitative estimate of drug-likeness (QED) is 0.725. The third-order valence-electron chi connectivity index (χ3n) is 3.49. The zero-order valence-corrected chi connectivity index (χ0v) is 14.3. The Morgan fingerprint density at radius 3 is 2.67 bits per heavy atom. The normalized spacial score (nSPS) is 12.2. The van der Waals surface area contributed by atoms with Crippen molar-refractivity contribution in [2.24, 2.45) is 11.7 Å². The number of benzene rings is 1. The van der Waals surface area contributed by atoms with Gasteiger partial charge < -0.3 is 25.7 Å². The van der Waals surface area contributed by atoms with E-state index in [1.54, 1.807) is 23.1 Å². The van der Waals surface area contributed by atoms with E-state index >= 15 is 0 Å². The Morgan fingerprint density at radius 1 is 1.33 bits per heavy atom. The Labute approximate surface area is 140 Å². The Morgan fingerprint density at radius 2 is 2.04 bits per heavy atom. The SMILES string of the molecule is CC(C)[C@H](N)C(=O)NCC(=O)Nc1ccc2oc(N(C)C)nc2c1. The number of fused-ring (bicyclic) bond motifs is 1. The first-order chi connectivity index (χ1) is 11.3. The summed E-state index contributed by atoms with van der Waals surface area (Å²) in [5, 5.41) is 5.23. The van der Waals surface area contributed by atoms with E-state index in [0.717, 1.165) is 0 Å². The molecule has 24 heavy (non-hydrogen) atoms. The lowest BCUT2D eigenvalue weighted by molar-refractivity contribution is -0.125. The number of rotatable bonds is 6. The Kier molecular flexibility index (Phi) is 5.40. The number of hydrogen-bond acceptors (Lipinski definition) is 6. The topological polar surface area (TPSA) is 113 Å². The van der Waals surface area contributed by atoms with E-state index in [0.29, 0.717) is 22.8 Å². The van der Waals surface area contributed by atoms with Gasteiger partial charge in [-0.05, 0) is 24.1 Å². The molecule has 1 aromatic carbocycles. The molecule has 0 aliphatic heterocycles. The van der Waals surface area contributed by atoms with Gasteiger partial charge in [-0.15, -0.1) is 0 Å². The van der Waals surface area contributed by atoms with Crippen LogP contribution in [0.3, 0.4) is 0 Å². The van der Waals surface area contributed by atoms with Gasteiger partial charge in [-0.3, -0.25) is 9.59 Å². The summed E-state index contributed by atoms with van der Waals surface area (Å²) in [4.78, 5) is 29.8. The molecule has 1 aromatic heterocycles. The maximum Gasteiger partial charge on any atom is 0.297 e. The van der Waals surface area contributed by atoms with Crippen molar-refractivity contribution < 1.29 is 14.0 Å². The van der Waals surface area contributed by atoms with Crippen molar-refractivity contribution >= 4 is 34.6 Å². The van der Waals surface area contributed by atoms with E-state index in [1.165, 1.54) is 0 Å². The summed E-state index contributed by atoms with van der Waals surface area (Å²) in [6, 6.07) is 5.02. The van der Waals surface area contributed by atoms with Crippen molar-refractivity contribution in [1.29, 1.82) is 0 Å². The van der Waals surface area contributed by atoms with Crippen LogP contribution in [0.5, 0.6) is 0 Å². The van der Waals surface area contributed by atoms with Gasteiger partial charge in [-0.1, -0.05) is 13.8 Å². The summed E-state index contributed by atoms with van der Waals surface area (Å²) in [6.45, 7) is 3.55. The minimum Gasteiger partial charge on any atom is -0.423 e. The second-order valence-corrected chi connectivity index (χ2v) is 6.11. The highest BCUT2D eigenvalue weighted by atomic mass is 16.4. The zero-order valence-electron chi connectivity index (χ0n) is 14.3. The molecule has 1 heterocycles. The average molecular weight is 333 g/mol. The number of hydrogen-bond donors (Lipinski definition) is 3. The second kappa shape index (κ2) is 7.31. The fraction of sp³-hybridized carbons (Fsp3) is 0.438. The molecule has 0 saturated heterocycles. The molecule has 0 bridgehead atoms. The minimum absolute atomic E-state index is 0.00789. The van der Waals surface area contributed by atoms with E-state index in [-0.39, 0.29) is 24.3 Å². The van der Waals surface area contributed by atoms with Crippen LogP contribution in [0.1, 0.15) is 13.8 Å². The third-order valence-corrected chi connectivity index (χ3v) is 3.49. The van der Waals surface area contributed by atoms with Crippen LogP contribution in [0.15, 0.2) is 22.6 Å². The fourth-order valence-corrected chi connectivity index (χ4v) is 1.98. The Bertz CT molecular complexity index is 738. The predicted octanol–water partition coefficient (Wildman–Crippen LogP) is 0.932. The number of carbonyl (C=O) groups excluding carboxylic acids is 2. The summed E-state index contributed by atoms with van der Waals surface area (Å²) >= 11 is 0. The molecule has 2 rings (SSSR count). The molecule has 0 unspecified atom stereocenters. The highest BCUT2D eigenvalue weighted by Crippen LogP contribution is 2.23. The highest BCUT2D eigenvalue weighted by molar-refractivity contribution is 5.96. The molecule has 8 nitrogen and oxygen atoms in total. The third kappa shape index (κ3) is 4.23. The van der Waals surface area contributed by atoms with E-state index in [4.69, 9.17) is 10.2 Å². The summed E-state index contributed by atoms with van der Waals surface area (Å²) in [5.74, 6) is -0.675. The molecular weight excluding hydrogens is 310 g/mol. The molecule has 0 fully saturated rings. The van der Waals surface area contributed by atoms with Crippen LogP contribution in [-0.4, -0.2) is 43.5 Å². The number of nitrogens with two attached hydrogens (primary N) is 1. The van der Waals surface area contributed by atoms with E-state index < -0.39 is 6.04 Å². The highest BCUT2D eigenvalue weighted by Gasteiger charge is 2.17. The number of nitrogens with zero attached hydrogens (tertiary/aromatic N) is 2. The molecule has 2 aromatic rings. The average Bonchev–Trinajstić information content (AvgIpc) is 2.95. The van der Waals surface area contributed by atoms with Crippen molar-refractivity contribution in [2.45, 2.75) is 19.9 Å². The standard InChI is InChI=1S/C16H23N5O3/c1-9(2)14(17)15(23)18-8-13(22)19-10-5-6-12-11(7-10)20-16(24-12)21(3)4/h5-7,9,14H,8,17H2,1-4H3,(H,18,23)(H,19,22)/t14-/m0/s1. The monoisotopic (exact) mass is 333 g/mol. The molecule has 0 aliphatic carbocycles. The van der Waals surface area contributed by atoms with Crippen LogP contribution >= 0.6 is 0 Å². The van der Waals surface area contributed by atoms with E-state index in [9.17, 15) is 9.59 Å². The lowest BCUT2D eigenvalue weighted by Gasteiger charge is -2.15. The first-order valence-corrected chi connectivity index (χ1v) is 7.69. The van der Waals surface area contributed by atoms with Crippen molar-refractivity contribution in [3.63, 3.8) is 0 Å². The van der Waals surface area contributed by atoms with Gasteiger partial charge in [0.1, 0.15) is 5.52 Å². The second-order valence-electron chi connectivity index (χ2n) is 6.11. The lowest BCUT2D eigenvalue weighted by Crippen LogP contribution is -2.46. The number of carbonyl (C=O) groups is 2. The van der Waals surface area contributed by atoms with Crippen LogP contribution in [0, 0.1) is 5.92 Å². The molecular formula is C16H23N5O3. The van der Waals surface area contributed by atoms with Crippen molar-refractivity contribution in [3.8, 4) is 0 Å². The first kappa shape index (κ1) is 17.7. The van der Waals surface area contributed by atoms with Crippen molar-refractivity contribution in [3.05, 3.63) is 18.2 Å². The molecule has 0 aliphatic rings. The van der Waals surface area contributed by atoms with Gasteiger partial charge in [-0.2, -0.15) is 4.98 Å². The molecule has 0 spiro atoms. The van der Waals surface area contributed by atoms with Crippen LogP contribution in [-0.2, 0) is 9.59 Å². The Balaban J connectivity index is 1.96. The molecule has 0 radical (unpaired) electrons. The number of anilines is 2. The van der Waals surface area contributed by atoms with Gasteiger partial charge in [0.25, 0.3) is 6.01 Å². The summed E-state index contributed by atoms with van der Waals surface area (Å²) in [7, 11) is 3.66. The van der Waals surface area contributed by atoms with E-state index in [1.807, 2.05) is 27.9 Å². The van der Waals surface area contributed by atoms with Crippen LogP contribution in [0.2, 0.25) is 0 Å². The number of aromatic nitrogens is 1. The van der Waals surface area contributed by atoms with Gasteiger partial charge in [0.05, 0.1) is 12.6 Å². The summed E-state index contributed by atoms with van der Waals surface area (Å²) < 4.78 is 5.55. The molecule has 8 heteroatoms. The maximum atomic E-state index is 11.9. The first-order valence-electron chi connectivity index (χ1n) is 7.69. The molecule has 1 atom stereocenters. The van der Waals surface area contributed by atoms with Crippen LogP contribution in [0.25, 0.3) is 11.1 Å². The van der Waals surface area contributed by atoms with Gasteiger partial charge in [0, 0.05) is 19.8 Å². The molecule has 2 amide bonds. The van der Waals surface area contributed by atoms with Gasteiger partial charge >= 0.3 is 0 Å². The lowest BCUT2D eigenvalue weighted by atomic mass is 10.1. The minimum atomic E-state index is -0.631. The van der Waals surface area contributed by atoms with Gasteiger partial charge in [0.2, 0.25) is 11.8 Å². The summed E-state index contributed by atoms with van der Waals surface area (Å²) in [6.07, 6.45) is 0. The molecule has 4 N–H and O–H groups in total. The smallest absolute Gasteiger partial charge is 0.297 e. The number of nitrogens with one attached hydrogen (secondary N) is 2. The maximum absolute atomic E-state index is 11.9. The van der Waals surface area contributed by atoms with E-state index in [2.05, 4.69) is 15.6 Å². The molecule has 0 saturated carbocycles. The van der Waals surface area contributed by atoms with Crippen LogP contribution in [0.4, 0.5) is 11.7 Å². The number of amides is 2. The predicted molar refractivity (Wildman–Crippen MR) is 92.8 cm³/mol. The fourth-order valence-electron chi connectivity index (χ4n) is 1.98.